The SMILES string of the molecule is Cc1cc(Cl)cc2sc(N3CCC(NC(=O)OC(C)(C)C)CC3)nc12. The monoisotopic (exact) mass is 381 g/mol. The lowest BCUT2D eigenvalue weighted by Gasteiger charge is -2.32. The average molecular weight is 382 g/mol. The normalized spacial score (nSPS) is 16.3. The summed E-state index contributed by atoms with van der Waals surface area (Å²) in [5.41, 5.74) is 1.66. The Bertz CT molecular complexity index is 776. The molecule has 2 heterocycles. The zero-order chi connectivity index (χ0) is 18.2. The molecule has 3 rings (SSSR count). The summed E-state index contributed by atoms with van der Waals surface area (Å²) in [7, 11) is 0. The summed E-state index contributed by atoms with van der Waals surface area (Å²) in [4.78, 5) is 19.0. The van der Waals surface area contributed by atoms with Crippen LogP contribution in [0, 0.1) is 6.92 Å². The predicted octanol–water partition coefficient (Wildman–Crippen LogP) is 4.75. The number of piperidine rings is 1. The van der Waals surface area contributed by atoms with Crippen molar-refractivity contribution < 1.29 is 9.53 Å². The van der Waals surface area contributed by atoms with E-state index in [9.17, 15) is 4.79 Å². The minimum Gasteiger partial charge on any atom is -0.444 e. The van der Waals surface area contributed by atoms with Gasteiger partial charge in [-0.05, 0) is 58.2 Å². The van der Waals surface area contributed by atoms with Gasteiger partial charge in [0.1, 0.15) is 5.60 Å². The van der Waals surface area contributed by atoms with Crippen LogP contribution in [-0.4, -0.2) is 35.8 Å². The van der Waals surface area contributed by atoms with E-state index < -0.39 is 5.60 Å². The van der Waals surface area contributed by atoms with Crippen LogP contribution in [-0.2, 0) is 4.74 Å². The van der Waals surface area contributed by atoms with Crippen LogP contribution in [0.25, 0.3) is 10.2 Å². The first-order chi connectivity index (χ1) is 11.7. The van der Waals surface area contributed by atoms with Gasteiger partial charge in [-0.25, -0.2) is 9.78 Å². The summed E-state index contributed by atoms with van der Waals surface area (Å²) in [6.07, 6.45) is 1.43. The number of aromatic nitrogens is 1. The molecule has 1 aliphatic rings. The summed E-state index contributed by atoms with van der Waals surface area (Å²) in [6, 6.07) is 4.07. The minimum absolute atomic E-state index is 0.150. The molecule has 0 bridgehead atoms. The molecule has 1 amide bonds. The quantitative estimate of drug-likeness (QED) is 0.815. The van der Waals surface area contributed by atoms with Gasteiger partial charge in [-0.15, -0.1) is 0 Å². The van der Waals surface area contributed by atoms with Crippen molar-refractivity contribution in [2.24, 2.45) is 0 Å². The Hall–Kier alpha value is -1.53. The molecule has 1 fully saturated rings. The number of alkyl carbamates (subject to hydrolysis) is 1. The number of thiazole rings is 1. The molecule has 0 saturated carbocycles. The molecule has 1 N–H and O–H groups in total. The molecule has 0 spiro atoms. The molecule has 25 heavy (non-hydrogen) atoms. The van der Waals surface area contributed by atoms with E-state index in [-0.39, 0.29) is 12.1 Å². The fraction of sp³-hybridized carbons (Fsp3) is 0.556. The first-order valence-corrected chi connectivity index (χ1v) is 9.72. The van der Waals surface area contributed by atoms with E-state index in [1.54, 1.807) is 11.3 Å². The van der Waals surface area contributed by atoms with Crippen molar-refractivity contribution in [3.63, 3.8) is 0 Å². The highest BCUT2D eigenvalue weighted by molar-refractivity contribution is 7.22. The van der Waals surface area contributed by atoms with E-state index in [1.165, 1.54) is 0 Å². The Kier molecular flexibility index (Phi) is 5.11. The van der Waals surface area contributed by atoms with Crippen molar-refractivity contribution in [3.05, 3.63) is 22.7 Å². The first-order valence-electron chi connectivity index (χ1n) is 8.52. The van der Waals surface area contributed by atoms with Crippen molar-refractivity contribution in [1.82, 2.24) is 10.3 Å². The molecule has 0 aliphatic carbocycles. The maximum atomic E-state index is 11.9. The number of hydrogen-bond acceptors (Lipinski definition) is 5. The van der Waals surface area contributed by atoms with Gasteiger partial charge in [0, 0.05) is 24.2 Å². The van der Waals surface area contributed by atoms with Gasteiger partial charge in [-0.2, -0.15) is 0 Å². The number of carbonyl (C=O) groups excluding carboxylic acids is 1. The second kappa shape index (κ2) is 7.00. The summed E-state index contributed by atoms with van der Waals surface area (Å²) in [6.45, 7) is 9.39. The lowest BCUT2D eigenvalue weighted by Crippen LogP contribution is -2.46. The fourth-order valence-electron chi connectivity index (χ4n) is 2.97. The highest BCUT2D eigenvalue weighted by Gasteiger charge is 2.25. The molecule has 0 atom stereocenters. The van der Waals surface area contributed by atoms with Crippen LogP contribution in [0.4, 0.5) is 9.93 Å². The summed E-state index contributed by atoms with van der Waals surface area (Å²) >= 11 is 7.82. The predicted molar refractivity (Wildman–Crippen MR) is 104 cm³/mol. The summed E-state index contributed by atoms with van der Waals surface area (Å²) in [5, 5.41) is 4.74. The smallest absolute Gasteiger partial charge is 0.407 e. The number of rotatable bonds is 2. The largest absolute Gasteiger partial charge is 0.444 e. The summed E-state index contributed by atoms with van der Waals surface area (Å²) in [5.74, 6) is 0. The minimum atomic E-state index is -0.467. The van der Waals surface area contributed by atoms with Gasteiger partial charge >= 0.3 is 6.09 Å². The van der Waals surface area contributed by atoms with Crippen molar-refractivity contribution in [1.29, 1.82) is 0 Å². The third-order valence-electron chi connectivity index (χ3n) is 4.13. The molecule has 1 aliphatic heterocycles. The van der Waals surface area contributed by atoms with Gasteiger partial charge in [0.15, 0.2) is 5.13 Å². The number of halogens is 1. The number of aryl methyl sites for hydroxylation is 1. The second-order valence-corrected chi connectivity index (χ2v) is 8.92. The number of carbonyl (C=O) groups is 1. The maximum Gasteiger partial charge on any atom is 0.407 e. The summed E-state index contributed by atoms with van der Waals surface area (Å²) < 4.78 is 6.45. The third kappa shape index (κ3) is 4.55. The molecule has 0 radical (unpaired) electrons. The number of hydrogen-bond donors (Lipinski definition) is 1. The fourth-order valence-corrected chi connectivity index (χ4v) is 4.44. The zero-order valence-electron chi connectivity index (χ0n) is 15.1. The van der Waals surface area contributed by atoms with Crippen LogP contribution in [0.1, 0.15) is 39.2 Å². The van der Waals surface area contributed by atoms with Crippen LogP contribution < -0.4 is 10.2 Å². The number of nitrogens with one attached hydrogen (secondary N) is 1. The molecular weight excluding hydrogens is 358 g/mol. The van der Waals surface area contributed by atoms with Gasteiger partial charge in [0.25, 0.3) is 0 Å². The van der Waals surface area contributed by atoms with Crippen LogP contribution in [0.2, 0.25) is 5.02 Å². The van der Waals surface area contributed by atoms with E-state index in [0.717, 1.165) is 51.9 Å². The zero-order valence-corrected chi connectivity index (χ0v) is 16.6. The molecule has 7 heteroatoms. The van der Waals surface area contributed by atoms with Crippen molar-refractivity contribution in [2.45, 2.75) is 52.2 Å². The lowest BCUT2D eigenvalue weighted by molar-refractivity contribution is 0.0497. The number of benzene rings is 1. The van der Waals surface area contributed by atoms with Crippen LogP contribution >= 0.6 is 22.9 Å². The standard InChI is InChI=1S/C18H24ClN3O2S/c1-11-9-12(19)10-14-15(11)21-16(25-14)22-7-5-13(6-8-22)20-17(23)24-18(2,3)4/h9-10,13H,5-8H2,1-4H3,(H,20,23). The van der Waals surface area contributed by atoms with Crippen LogP contribution in [0.3, 0.4) is 0 Å². The van der Waals surface area contributed by atoms with Gasteiger partial charge in [-0.3, -0.25) is 0 Å². The van der Waals surface area contributed by atoms with E-state index in [2.05, 4.69) is 10.2 Å². The van der Waals surface area contributed by atoms with Crippen molar-refractivity contribution >= 4 is 44.4 Å². The van der Waals surface area contributed by atoms with E-state index in [4.69, 9.17) is 21.3 Å². The number of nitrogens with zero attached hydrogens (tertiary/aromatic N) is 2. The average Bonchev–Trinajstić information content (AvgIpc) is 2.90. The van der Waals surface area contributed by atoms with Gasteiger partial charge in [0.05, 0.1) is 10.2 Å². The highest BCUT2D eigenvalue weighted by atomic mass is 35.5. The Labute approximate surface area is 157 Å². The second-order valence-electron chi connectivity index (χ2n) is 7.47. The molecular formula is C18H24ClN3O2S. The maximum absolute atomic E-state index is 11.9. The van der Waals surface area contributed by atoms with Gasteiger partial charge in [-0.1, -0.05) is 22.9 Å². The van der Waals surface area contributed by atoms with Crippen LogP contribution in [0.15, 0.2) is 12.1 Å². The number of anilines is 1. The number of amides is 1. The first kappa shape index (κ1) is 18.3. The molecule has 2 aromatic rings. The molecule has 136 valence electrons. The van der Waals surface area contributed by atoms with Crippen molar-refractivity contribution in [3.8, 4) is 0 Å². The lowest BCUT2D eigenvalue weighted by atomic mass is 10.1. The Morgan fingerprint density at radius 2 is 2.04 bits per heavy atom. The Morgan fingerprint density at radius 3 is 2.68 bits per heavy atom. The molecule has 1 aromatic carbocycles. The Balaban J connectivity index is 1.61. The molecule has 1 aromatic heterocycles. The number of fused-ring (bicyclic) bond motifs is 1. The number of ether oxygens (including phenoxy) is 1. The van der Waals surface area contributed by atoms with Gasteiger partial charge in [0.2, 0.25) is 0 Å². The van der Waals surface area contributed by atoms with E-state index >= 15 is 0 Å². The highest BCUT2D eigenvalue weighted by Crippen LogP contribution is 2.34. The molecule has 5 nitrogen and oxygen atoms in total. The third-order valence-corrected chi connectivity index (χ3v) is 5.41. The van der Waals surface area contributed by atoms with Crippen LogP contribution in [0.5, 0.6) is 0 Å². The Morgan fingerprint density at radius 1 is 1.36 bits per heavy atom. The molecule has 1 saturated heterocycles. The van der Waals surface area contributed by atoms with Crippen molar-refractivity contribution in [2.75, 3.05) is 18.0 Å². The van der Waals surface area contributed by atoms with E-state index in [0.29, 0.717) is 0 Å². The van der Waals surface area contributed by atoms with Gasteiger partial charge < -0.3 is 15.0 Å². The molecule has 0 unspecified atom stereocenters. The van der Waals surface area contributed by atoms with E-state index in [1.807, 2.05) is 39.8 Å². The topological polar surface area (TPSA) is 54.5 Å².